The molecule has 4 rings (SSSR count). The minimum absolute atomic E-state index is 0.123. The highest BCUT2D eigenvalue weighted by Gasteiger charge is 2.46. The molecule has 5 nitrogen and oxygen atoms in total. The van der Waals surface area contributed by atoms with Crippen LogP contribution in [0.1, 0.15) is 66.0 Å². The Morgan fingerprint density at radius 3 is 2.48 bits per heavy atom. The average molecular weight is 397 g/mol. The van der Waals surface area contributed by atoms with Crippen LogP contribution in [0.5, 0.6) is 0 Å². The Morgan fingerprint density at radius 1 is 1.14 bits per heavy atom. The first-order valence-electron chi connectivity index (χ1n) is 10.3. The van der Waals surface area contributed by atoms with Gasteiger partial charge in [0.1, 0.15) is 11.9 Å². The summed E-state index contributed by atoms with van der Waals surface area (Å²) in [6.45, 7) is 6.05. The number of fused-ring (bicyclic) bond motifs is 1. The number of aromatic nitrogens is 1. The van der Waals surface area contributed by atoms with Crippen molar-refractivity contribution in [3.05, 3.63) is 52.6 Å². The lowest BCUT2D eigenvalue weighted by Gasteiger charge is -2.31. The van der Waals surface area contributed by atoms with Crippen LogP contribution in [0.2, 0.25) is 0 Å². The Hall–Kier alpha value is -2.63. The number of carbonyl (C=O) groups excluding carboxylic acids is 2. The number of carbonyl (C=O) groups is 2. The minimum Gasteiger partial charge on any atom is -0.351 e. The molecule has 6 heteroatoms. The van der Waals surface area contributed by atoms with Gasteiger partial charge in [-0.05, 0) is 63.6 Å². The first kappa shape index (κ1) is 19.7. The smallest absolute Gasteiger partial charge is 0.261 e. The number of hydrogen-bond donors (Lipinski definition) is 1. The highest BCUT2D eigenvalue weighted by molar-refractivity contribution is 6.16. The lowest BCUT2D eigenvalue weighted by atomic mass is 9.87. The highest BCUT2D eigenvalue weighted by Crippen LogP contribution is 2.42. The summed E-state index contributed by atoms with van der Waals surface area (Å²) in [5, 5.41) is 3.18. The second-order valence-corrected chi connectivity index (χ2v) is 8.54. The summed E-state index contributed by atoms with van der Waals surface area (Å²) in [7, 11) is 1.90. The van der Waals surface area contributed by atoms with Gasteiger partial charge in [0.2, 0.25) is 5.91 Å². The molecule has 2 amide bonds. The summed E-state index contributed by atoms with van der Waals surface area (Å²) in [5.41, 5.74) is 3.42. The van der Waals surface area contributed by atoms with Crippen LogP contribution in [0.25, 0.3) is 0 Å². The lowest BCUT2D eigenvalue weighted by Crippen LogP contribution is -2.45. The summed E-state index contributed by atoms with van der Waals surface area (Å²) in [4.78, 5) is 28.2. The van der Waals surface area contributed by atoms with Crippen LogP contribution in [0, 0.1) is 25.6 Å². The zero-order valence-corrected chi connectivity index (χ0v) is 17.5. The van der Waals surface area contributed by atoms with E-state index in [2.05, 4.69) is 12.2 Å². The molecule has 29 heavy (non-hydrogen) atoms. The maximum Gasteiger partial charge on any atom is 0.261 e. The Balaban J connectivity index is 1.74. The van der Waals surface area contributed by atoms with Crippen molar-refractivity contribution >= 4 is 17.5 Å². The Morgan fingerprint density at radius 2 is 1.83 bits per heavy atom. The van der Waals surface area contributed by atoms with Crippen molar-refractivity contribution in [3.8, 4) is 0 Å². The van der Waals surface area contributed by atoms with Crippen LogP contribution < -0.4 is 10.2 Å². The van der Waals surface area contributed by atoms with Crippen LogP contribution >= 0.6 is 0 Å². The molecule has 154 valence electrons. The third-order valence-electron chi connectivity index (χ3n) is 6.69. The molecule has 1 fully saturated rings. The van der Waals surface area contributed by atoms with Gasteiger partial charge in [-0.15, -0.1) is 0 Å². The summed E-state index contributed by atoms with van der Waals surface area (Å²) in [6.07, 6.45) is 4.09. The molecule has 1 N–H and O–H groups in total. The number of hydrogen-bond acceptors (Lipinski definition) is 2. The molecule has 2 aromatic rings. The van der Waals surface area contributed by atoms with Gasteiger partial charge in [-0.1, -0.05) is 13.0 Å². The van der Waals surface area contributed by atoms with E-state index in [0.717, 1.165) is 42.6 Å². The molecule has 2 heterocycles. The standard InChI is InChI=1S/C23H28FN3O2/c1-13-8-10-17(11-9-13)25-22(28)21-19-14(2)26(4)15(3)20(19)23(29)27(21)18-7-5-6-16(24)12-18/h5-7,12-13,17,21H,8-11H2,1-4H3,(H,25,28)/t13?,17?,21-/m1/s1. The number of rotatable bonds is 3. The van der Waals surface area contributed by atoms with Gasteiger partial charge in [-0.3, -0.25) is 14.5 Å². The molecule has 1 aromatic heterocycles. The molecule has 0 radical (unpaired) electrons. The van der Waals surface area contributed by atoms with E-state index in [1.54, 1.807) is 12.1 Å². The lowest BCUT2D eigenvalue weighted by molar-refractivity contribution is -0.123. The number of halogens is 1. The molecule has 1 atom stereocenters. The Kier molecular flexibility index (Phi) is 4.97. The van der Waals surface area contributed by atoms with Crippen LogP contribution in [-0.2, 0) is 11.8 Å². The zero-order valence-electron chi connectivity index (χ0n) is 17.5. The van der Waals surface area contributed by atoms with Gasteiger partial charge in [0.15, 0.2) is 0 Å². The summed E-state index contributed by atoms with van der Waals surface area (Å²) in [5.74, 6) is -0.175. The maximum atomic E-state index is 13.9. The molecule has 1 saturated carbocycles. The monoisotopic (exact) mass is 397 g/mol. The number of benzene rings is 1. The van der Waals surface area contributed by atoms with E-state index in [1.165, 1.54) is 17.0 Å². The van der Waals surface area contributed by atoms with E-state index < -0.39 is 11.9 Å². The molecule has 1 aromatic carbocycles. The van der Waals surface area contributed by atoms with E-state index in [9.17, 15) is 14.0 Å². The third kappa shape index (κ3) is 3.24. The summed E-state index contributed by atoms with van der Waals surface area (Å²) < 4.78 is 15.9. The van der Waals surface area contributed by atoms with Gasteiger partial charge in [0, 0.05) is 35.7 Å². The van der Waals surface area contributed by atoms with Gasteiger partial charge in [0.05, 0.1) is 5.56 Å². The van der Waals surface area contributed by atoms with E-state index >= 15 is 0 Å². The second-order valence-electron chi connectivity index (χ2n) is 8.54. The second kappa shape index (κ2) is 7.32. The fraction of sp³-hybridized carbons (Fsp3) is 0.478. The van der Waals surface area contributed by atoms with Gasteiger partial charge >= 0.3 is 0 Å². The van der Waals surface area contributed by atoms with Crippen LogP contribution in [0.15, 0.2) is 24.3 Å². The Bertz CT molecular complexity index is 973. The van der Waals surface area contributed by atoms with Crippen molar-refractivity contribution in [1.29, 1.82) is 0 Å². The van der Waals surface area contributed by atoms with Gasteiger partial charge in [-0.2, -0.15) is 0 Å². The predicted octanol–water partition coefficient (Wildman–Crippen LogP) is 4.18. The molecule has 0 saturated heterocycles. The summed E-state index contributed by atoms with van der Waals surface area (Å²) in [6, 6.07) is 5.25. The molecular weight excluding hydrogens is 369 g/mol. The van der Waals surface area contributed by atoms with Crippen LogP contribution in [0.3, 0.4) is 0 Å². The number of anilines is 1. The molecule has 0 bridgehead atoms. The van der Waals surface area contributed by atoms with E-state index in [-0.39, 0.29) is 17.9 Å². The largest absolute Gasteiger partial charge is 0.351 e. The van der Waals surface area contributed by atoms with Crippen molar-refractivity contribution in [2.45, 2.75) is 58.5 Å². The maximum absolute atomic E-state index is 13.9. The highest BCUT2D eigenvalue weighted by atomic mass is 19.1. The number of nitrogens with zero attached hydrogens (tertiary/aromatic N) is 2. The normalized spacial score (nSPS) is 24.0. The molecule has 1 aliphatic carbocycles. The minimum atomic E-state index is -0.779. The van der Waals surface area contributed by atoms with E-state index in [1.807, 2.05) is 25.5 Å². The fourth-order valence-electron chi connectivity index (χ4n) is 4.77. The fourth-order valence-corrected chi connectivity index (χ4v) is 4.77. The van der Waals surface area contributed by atoms with Crippen molar-refractivity contribution < 1.29 is 14.0 Å². The molecule has 1 aliphatic heterocycles. The van der Waals surface area contributed by atoms with E-state index in [4.69, 9.17) is 0 Å². The predicted molar refractivity (Wildman–Crippen MR) is 110 cm³/mol. The first-order chi connectivity index (χ1) is 13.8. The van der Waals surface area contributed by atoms with Crippen molar-refractivity contribution in [2.75, 3.05) is 4.90 Å². The Labute approximate surface area is 170 Å². The number of nitrogens with one attached hydrogen (secondary N) is 1. The van der Waals surface area contributed by atoms with Gasteiger partial charge in [0.25, 0.3) is 5.91 Å². The van der Waals surface area contributed by atoms with Gasteiger partial charge < -0.3 is 9.88 Å². The van der Waals surface area contributed by atoms with Crippen molar-refractivity contribution in [3.63, 3.8) is 0 Å². The molecular formula is C23H28FN3O2. The molecule has 0 spiro atoms. The quantitative estimate of drug-likeness (QED) is 0.845. The molecule has 2 aliphatic rings. The third-order valence-corrected chi connectivity index (χ3v) is 6.69. The topological polar surface area (TPSA) is 54.3 Å². The zero-order chi connectivity index (χ0) is 20.9. The van der Waals surface area contributed by atoms with Crippen LogP contribution in [0.4, 0.5) is 10.1 Å². The average Bonchev–Trinajstić information content (AvgIpc) is 3.11. The van der Waals surface area contributed by atoms with E-state index in [0.29, 0.717) is 17.2 Å². The summed E-state index contributed by atoms with van der Waals surface area (Å²) >= 11 is 0. The molecule has 0 unspecified atom stereocenters. The van der Waals surface area contributed by atoms with Crippen molar-refractivity contribution in [2.24, 2.45) is 13.0 Å². The SMILES string of the molecule is Cc1c2c(c(C)n1C)[C@H](C(=O)NC1CCC(C)CC1)N(c1cccc(F)c1)C2=O. The van der Waals surface area contributed by atoms with Gasteiger partial charge in [-0.25, -0.2) is 4.39 Å². The van der Waals surface area contributed by atoms with Crippen LogP contribution in [-0.4, -0.2) is 22.4 Å². The first-order valence-corrected chi connectivity index (χ1v) is 10.3. The number of amides is 2. The van der Waals surface area contributed by atoms with Crippen molar-refractivity contribution in [1.82, 2.24) is 9.88 Å².